The van der Waals surface area contributed by atoms with Crippen LogP contribution in [0.15, 0.2) is 17.8 Å². The summed E-state index contributed by atoms with van der Waals surface area (Å²) in [6.07, 6.45) is 2.62. The lowest BCUT2D eigenvalue weighted by atomic mass is 10.7. The summed E-state index contributed by atoms with van der Waals surface area (Å²) in [5.74, 6) is 0. The standard InChI is InChI=1S/C4H8N3/c1-2-3-6-7-4-5/h2,4-6H,1,3H2. The summed E-state index contributed by atoms with van der Waals surface area (Å²) in [4.78, 5) is 0. The predicted octanol–water partition coefficient (Wildman–Crippen LogP) is -0.0118. The molecule has 2 N–H and O–H groups in total. The molecule has 0 rings (SSSR count). The van der Waals surface area contributed by atoms with Gasteiger partial charge in [0.2, 0.25) is 0 Å². The SMILES string of the molecule is C=CCNN=C[NH]. The molecule has 0 aliphatic heterocycles. The van der Waals surface area contributed by atoms with Gasteiger partial charge in [0.15, 0.2) is 0 Å². The molecule has 39 valence electrons. The Bertz CT molecular complexity index is 67.3. The van der Waals surface area contributed by atoms with Crippen LogP contribution >= 0.6 is 0 Å². The first-order chi connectivity index (χ1) is 3.41. The Hall–Kier alpha value is -0.990. The number of nitrogens with one attached hydrogen (secondary N) is 2. The number of hydrogen-bond acceptors (Lipinski definition) is 2. The summed E-state index contributed by atoms with van der Waals surface area (Å²) in [7, 11) is 0. The van der Waals surface area contributed by atoms with Gasteiger partial charge in [-0.3, -0.25) is 5.73 Å². The third kappa shape index (κ3) is 5.01. The van der Waals surface area contributed by atoms with Gasteiger partial charge in [0.1, 0.15) is 6.34 Å². The molecule has 0 aliphatic carbocycles. The van der Waals surface area contributed by atoms with Crippen LogP contribution in [0, 0.1) is 0 Å². The van der Waals surface area contributed by atoms with Crippen LogP contribution in [0.2, 0.25) is 0 Å². The minimum atomic E-state index is 0.620. The second-order valence-electron chi connectivity index (χ2n) is 0.909. The largest absolute Gasteiger partial charge is 0.305 e. The van der Waals surface area contributed by atoms with Crippen LogP contribution in [0.25, 0.3) is 0 Å². The van der Waals surface area contributed by atoms with E-state index in [2.05, 4.69) is 17.1 Å². The maximum absolute atomic E-state index is 6.39. The van der Waals surface area contributed by atoms with Crippen LogP contribution in [-0.4, -0.2) is 12.9 Å². The Labute approximate surface area is 42.9 Å². The normalized spacial score (nSPS) is 9.14. The molecule has 0 aromatic heterocycles. The fraction of sp³-hybridized carbons (Fsp3) is 0.250. The number of hydrazone groups is 1. The third-order valence-electron chi connectivity index (χ3n) is 0.391. The highest BCUT2D eigenvalue weighted by molar-refractivity contribution is 5.49. The van der Waals surface area contributed by atoms with Crippen molar-refractivity contribution in [1.29, 1.82) is 0 Å². The quantitative estimate of drug-likeness (QED) is 0.174. The molecule has 1 radical (unpaired) electrons. The molecule has 0 amide bonds. The van der Waals surface area contributed by atoms with E-state index >= 15 is 0 Å². The summed E-state index contributed by atoms with van der Waals surface area (Å²) in [6, 6.07) is 0. The Morgan fingerprint density at radius 1 is 1.86 bits per heavy atom. The van der Waals surface area contributed by atoms with Crippen molar-refractivity contribution in [2.45, 2.75) is 0 Å². The molecule has 0 aliphatic rings. The molecule has 0 aromatic carbocycles. The van der Waals surface area contributed by atoms with Crippen LogP contribution in [0.1, 0.15) is 0 Å². The third-order valence-corrected chi connectivity index (χ3v) is 0.391. The van der Waals surface area contributed by atoms with Crippen LogP contribution in [0.5, 0.6) is 0 Å². The van der Waals surface area contributed by atoms with Crippen LogP contribution < -0.4 is 11.2 Å². The van der Waals surface area contributed by atoms with Crippen molar-refractivity contribution in [3.8, 4) is 0 Å². The lowest BCUT2D eigenvalue weighted by Gasteiger charge is -1.86. The van der Waals surface area contributed by atoms with Crippen molar-refractivity contribution in [2.75, 3.05) is 6.54 Å². The summed E-state index contributed by atoms with van der Waals surface area (Å²) in [5.41, 5.74) is 8.94. The van der Waals surface area contributed by atoms with Crippen LogP contribution in [0.4, 0.5) is 0 Å². The smallest absolute Gasteiger partial charge is 0.127 e. The average Bonchev–Trinajstić information content (AvgIpc) is 1.69. The Kier molecular flexibility index (Phi) is 4.30. The Morgan fingerprint density at radius 2 is 2.57 bits per heavy atom. The monoisotopic (exact) mass is 98.1 g/mol. The Balaban J connectivity index is 2.82. The van der Waals surface area contributed by atoms with E-state index in [-0.39, 0.29) is 0 Å². The van der Waals surface area contributed by atoms with Gasteiger partial charge in [-0.1, -0.05) is 6.08 Å². The highest BCUT2D eigenvalue weighted by Crippen LogP contribution is 1.56. The summed E-state index contributed by atoms with van der Waals surface area (Å²) < 4.78 is 0. The fourth-order valence-electron chi connectivity index (χ4n) is 0.163. The maximum atomic E-state index is 6.39. The molecule has 0 unspecified atom stereocenters. The van der Waals surface area contributed by atoms with E-state index in [4.69, 9.17) is 5.73 Å². The first-order valence-corrected chi connectivity index (χ1v) is 1.94. The molecule has 0 spiro atoms. The van der Waals surface area contributed by atoms with Gasteiger partial charge in [0.05, 0.1) is 6.54 Å². The van der Waals surface area contributed by atoms with E-state index in [0.29, 0.717) is 6.54 Å². The molecular weight excluding hydrogens is 90.1 g/mol. The summed E-state index contributed by atoms with van der Waals surface area (Å²) in [5, 5.41) is 3.38. The number of rotatable bonds is 3. The van der Waals surface area contributed by atoms with Gasteiger partial charge in [-0.15, -0.1) is 6.58 Å². The lowest BCUT2D eigenvalue weighted by Crippen LogP contribution is -2.03. The van der Waals surface area contributed by atoms with Crippen LogP contribution in [-0.2, 0) is 0 Å². The van der Waals surface area contributed by atoms with E-state index in [0.717, 1.165) is 6.34 Å². The highest BCUT2D eigenvalue weighted by Gasteiger charge is 1.63. The zero-order valence-corrected chi connectivity index (χ0v) is 4.02. The summed E-state index contributed by atoms with van der Waals surface area (Å²) >= 11 is 0. The molecule has 3 nitrogen and oxygen atoms in total. The molecule has 3 heteroatoms. The van der Waals surface area contributed by atoms with Gasteiger partial charge in [0, 0.05) is 0 Å². The first-order valence-electron chi connectivity index (χ1n) is 1.94. The summed E-state index contributed by atoms with van der Waals surface area (Å²) in [6.45, 7) is 4.06. The molecule has 0 bridgehead atoms. The molecule has 0 fully saturated rings. The van der Waals surface area contributed by atoms with Gasteiger partial charge >= 0.3 is 0 Å². The molecule has 0 saturated carbocycles. The minimum Gasteiger partial charge on any atom is -0.305 e. The van der Waals surface area contributed by atoms with Crippen molar-refractivity contribution >= 4 is 6.34 Å². The van der Waals surface area contributed by atoms with E-state index in [1.54, 1.807) is 6.08 Å². The van der Waals surface area contributed by atoms with E-state index in [1.165, 1.54) is 0 Å². The highest BCUT2D eigenvalue weighted by atomic mass is 15.3. The fourth-order valence-corrected chi connectivity index (χ4v) is 0.163. The van der Waals surface area contributed by atoms with Crippen molar-refractivity contribution in [1.82, 2.24) is 11.2 Å². The molecule has 0 heterocycles. The maximum Gasteiger partial charge on any atom is 0.127 e. The topological polar surface area (TPSA) is 48.2 Å². The Morgan fingerprint density at radius 3 is 3.00 bits per heavy atom. The van der Waals surface area contributed by atoms with Crippen molar-refractivity contribution < 1.29 is 0 Å². The van der Waals surface area contributed by atoms with Gasteiger partial charge in [-0.05, 0) is 0 Å². The molecule has 0 atom stereocenters. The van der Waals surface area contributed by atoms with Gasteiger partial charge in [0.25, 0.3) is 0 Å². The van der Waals surface area contributed by atoms with Gasteiger partial charge in [-0.25, -0.2) is 0 Å². The minimum absolute atomic E-state index is 0.620. The molecule has 7 heavy (non-hydrogen) atoms. The van der Waals surface area contributed by atoms with Gasteiger partial charge < -0.3 is 5.43 Å². The second kappa shape index (κ2) is 5.01. The zero-order valence-electron chi connectivity index (χ0n) is 4.02. The predicted molar refractivity (Wildman–Crippen MR) is 29.8 cm³/mol. The number of nitrogens with zero attached hydrogens (tertiary/aromatic N) is 1. The van der Waals surface area contributed by atoms with Crippen molar-refractivity contribution in [2.24, 2.45) is 5.10 Å². The zero-order chi connectivity index (χ0) is 5.54. The van der Waals surface area contributed by atoms with Crippen molar-refractivity contribution in [3.05, 3.63) is 12.7 Å². The average molecular weight is 98.1 g/mol. The van der Waals surface area contributed by atoms with Crippen LogP contribution in [0.3, 0.4) is 0 Å². The first kappa shape index (κ1) is 6.01. The van der Waals surface area contributed by atoms with Gasteiger partial charge in [-0.2, -0.15) is 5.10 Å². The molecular formula is C4H8N3. The van der Waals surface area contributed by atoms with E-state index < -0.39 is 0 Å². The molecule has 0 aromatic rings. The second-order valence-corrected chi connectivity index (χ2v) is 0.909. The van der Waals surface area contributed by atoms with Crippen molar-refractivity contribution in [3.63, 3.8) is 0 Å². The molecule has 0 saturated heterocycles. The van der Waals surface area contributed by atoms with E-state index in [9.17, 15) is 0 Å². The lowest BCUT2D eigenvalue weighted by molar-refractivity contribution is 0.829. The van der Waals surface area contributed by atoms with E-state index in [1.807, 2.05) is 0 Å². The number of hydrogen-bond donors (Lipinski definition) is 1.